The molecule has 1 fully saturated rings. The van der Waals surface area contributed by atoms with Crippen molar-refractivity contribution in [2.45, 2.75) is 23.5 Å². The molecule has 27 heavy (non-hydrogen) atoms. The first kappa shape index (κ1) is 19.3. The van der Waals surface area contributed by atoms with Crippen molar-refractivity contribution in [3.05, 3.63) is 59.9 Å². The molecule has 1 aliphatic rings. The predicted molar refractivity (Wildman–Crippen MR) is 88.9 cm³/mol. The van der Waals surface area contributed by atoms with E-state index in [2.05, 4.69) is 4.72 Å². The SMILES string of the molecule is O=C1[C@@H](NS(=O)(=O)c2cccc(C(F)(F)F)c2)CCN1c1ccc(F)cc1. The minimum Gasteiger partial charge on any atom is -0.311 e. The number of hydrogen-bond acceptors (Lipinski definition) is 3. The number of benzene rings is 2. The number of rotatable bonds is 4. The van der Waals surface area contributed by atoms with Crippen LogP contribution in [0.5, 0.6) is 0 Å². The van der Waals surface area contributed by atoms with Gasteiger partial charge in [0.05, 0.1) is 10.5 Å². The van der Waals surface area contributed by atoms with Crippen molar-refractivity contribution < 1.29 is 30.8 Å². The molecule has 1 amide bonds. The van der Waals surface area contributed by atoms with E-state index in [1.54, 1.807) is 0 Å². The quantitative estimate of drug-likeness (QED) is 0.800. The van der Waals surface area contributed by atoms with Gasteiger partial charge in [-0.05, 0) is 48.9 Å². The molecule has 144 valence electrons. The fourth-order valence-electron chi connectivity index (χ4n) is 2.76. The van der Waals surface area contributed by atoms with E-state index < -0.39 is 44.4 Å². The first-order chi connectivity index (χ1) is 12.6. The van der Waals surface area contributed by atoms with Crippen molar-refractivity contribution in [1.29, 1.82) is 0 Å². The summed E-state index contributed by atoms with van der Waals surface area (Å²) in [6, 6.07) is 7.28. The summed E-state index contributed by atoms with van der Waals surface area (Å²) in [5, 5.41) is 0. The van der Waals surface area contributed by atoms with E-state index in [-0.39, 0.29) is 13.0 Å². The lowest BCUT2D eigenvalue weighted by molar-refractivity contribution is -0.137. The monoisotopic (exact) mass is 402 g/mol. The summed E-state index contributed by atoms with van der Waals surface area (Å²) in [7, 11) is -4.33. The normalized spacial score (nSPS) is 18.1. The third-order valence-corrected chi connectivity index (χ3v) is 5.58. The molecule has 0 saturated carbocycles. The summed E-state index contributed by atoms with van der Waals surface area (Å²) in [5.41, 5.74) is -0.696. The molecule has 0 unspecified atom stereocenters. The third-order valence-electron chi connectivity index (χ3n) is 4.11. The van der Waals surface area contributed by atoms with Crippen LogP contribution in [0.1, 0.15) is 12.0 Å². The van der Waals surface area contributed by atoms with Crippen molar-refractivity contribution >= 4 is 21.6 Å². The number of alkyl halides is 3. The Labute approximate surface area is 152 Å². The molecule has 1 saturated heterocycles. The van der Waals surface area contributed by atoms with Crippen LogP contribution in [0.3, 0.4) is 0 Å². The van der Waals surface area contributed by atoms with Gasteiger partial charge in [0, 0.05) is 12.2 Å². The average molecular weight is 402 g/mol. The second kappa shape index (κ2) is 6.93. The van der Waals surface area contributed by atoms with E-state index >= 15 is 0 Å². The fourth-order valence-corrected chi connectivity index (χ4v) is 4.03. The largest absolute Gasteiger partial charge is 0.416 e. The molecule has 5 nitrogen and oxygen atoms in total. The minimum absolute atomic E-state index is 0.133. The van der Waals surface area contributed by atoms with Crippen LogP contribution >= 0.6 is 0 Å². The third kappa shape index (κ3) is 4.11. The number of amides is 1. The zero-order valence-corrected chi connectivity index (χ0v) is 14.5. The first-order valence-corrected chi connectivity index (χ1v) is 9.33. The number of sulfonamides is 1. The van der Waals surface area contributed by atoms with Crippen LogP contribution in [-0.2, 0) is 21.0 Å². The molecule has 2 aromatic carbocycles. The predicted octanol–water partition coefficient (Wildman–Crippen LogP) is 2.93. The number of nitrogens with one attached hydrogen (secondary N) is 1. The van der Waals surface area contributed by atoms with Crippen LogP contribution in [-0.4, -0.2) is 26.9 Å². The standard InChI is InChI=1S/C17H14F4N2O3S/c18-12-4-6-13(7-5-12)23-9-8-15(16(23)24)22-27(25,26)14-3-1-2-11(10-14)17(19,20)21/h1-7,10,15,22H,8-9H2/t15-/m0/s1. The van der Waals surface area contributed by atoms with E-state index in [1.165, 1.54) is 29.2 Å². The Balaban J connectivity index is 1.79. The number of anilines is 1. The average Bonchev–Trinajstić information content (AvgIpc) is 2.95. The van der Waals surface area contributed by atoms with Crippen molar-refractivity contribution in [2.24, 2.45) is 0 Å². The van der Waals surface area contributed by atoms with Gasteiger partial charge in [-0.3, -0.25) is 4.79 Å². The molecular formula is C17H14F4N2O3S. The lowest BCUT2D eigenvalue weighted by Gasteiger charge is -2.17. The summed E-state index contributed by atoms with van der Waals surface area (Å²) < 4.78 is 78.3. The Kier molecular flexibility index (Phi) is 4.96. The van der Waals surface area contributed by atoms with Crippen LogP contribution in [0.25, 0.3) is 0 Å². The van der Waals surface area contributed by atoms with Crippen molar-refractivity contribution in [3.63, 3.8) is 0 Å². The number of halogens is 4. The number of nitrogens with zero attached hydrogens (tertiary/aromatic N) is 1. The van der Waals surface area contributed by atoms with Gasteiger partial charge in [0.1, 0.15) is 11.9 Å². The van der Waals surface area contributed by atoms with Crippen molar-refractivity contribution in [1.82, 2.24) is 4.72 Å². The Morgan fingerprint density at radius 1 is 1.07 bits per heavy atom. The van der Waals surface area contributed by atoms with Gasteiger partial charge in [0.25, 0.3) is 0 Å². The summed E-state index contributed by atoms with van der Waals surface area (Å²) in [6.07, 6.45) is -4.55. The molecule has 3 rings (SSSR count). The second-order valence-electron chi connectivity index (χ2n) is 5.95. The zero-order chi connectivity index (χ0) is 19.8. The van der Waals surface area contributed by atoms with Gasteiger partial charge in [-0.2, -0.15) is 17.9 Å². The van der Waals surface area contributed by atoms with Crippen LogP contribution in [0.2, 0.25) is 0 Å². The maximum Gasteiger partial charge on any atom is 0.416 e. The van der Waals surface area contributed by atoms with E-state index in [9.17, 15) is 30.8 Å². The highest BCUT2D eigenvalue weighted by Crippen LogP contribution is 2.30. The molecule has 1 atom stereocenters. The van der Waals surface area contributed by atoms with Gasteiger partial charge in [-0.25, -0.2) is 12.8 Å². The summed E-state index contributed by atoms with van der Waals surface area (Å²) >= 11 is 0. The second-order valence-corrected chi connectivity index (χ2v) is 7.67. The molecule has 0 bridgehead atoms. The maximum atomic E-state index is 13.0. The van der Waals surface area contributed by atoms with Gasteiger partial charge < -0.3 is 4.90 Å². The molecule has 0 aliphatic carbocycles. The highest BCUT2D eigenvalue weighted by molar-refractivity contribution is 7.89. The minimum atomic E-state index is -4.69. The highest BCUT2D eigenvalue weighted by Gasteiger charge is 2.37. The molecule has 0 aromatic heterocycles. The van der Waals surface area contributed by atoms with Gasteiger partial charge in [-0.1, -0.05) is 6.07 Å². The zero-order valence-electron chi connectivity index (χ0n) is 13.7. The maximum absolute atomic E-state index is 13.0. The fraction of sp³-hybridized carbons (Fsp3) is 0.235. The Bertz CT molecular complexity index is 959. The molecular weight excluding hydrogens is 388 g/mol. The lowest BCUT2D eigenvalue weighted by atomic mass is 10.2. The van der Waals surface area contributed by atoms with Crippen molar-refractivity contribution in [3.8, 4) is 0 Å². The Hall–Kier alpha value is -2.46. The number of carbonyl (C=O) groups is 1. The van der Waals surface area contributed by atoms with Crippen LogP contribution < -0.4 is 9.62 Å². The van der Waals surface area contributed by atoms with E-state index in [0.717, 1.165) is 18.2 Å². The molecule has 1 N–H and O–H groups in total. The van der Waals surface area contributed by atoms with Gasteiger partial charge in [0.15, 0.2) is 0 Å². The summed E-state index contributed by atoms with van der Waals surface area (Å²) in [4.78, 5) is 13.2. The number of carbonyl (C=O) groups excluding carboxylic acids is 1. The molecule has 2 aromatic rings. The molecule has 0 spiro atoms. The molecule has 10 heteroatoms. The first-order valence-electron chi connectivity index (χ1n) is 7.84. The van der Waals surface area contributed by atoms with E-state index in [4.69, 9.17) is 0 Å². The molecule has 1 aliphatic heterocycles. The van der Waals surface area contributed by atoms with Gasteiger partial charge in [-0.15, -0.1) is 0 Å². The summed E-state index contributed by atoms with van der Waals surface area (Å²) in [6.45, 7) is 0.195. The smallest absolute Gasteiger partial charge is 0.311 e. The Morgan fingerprint density at radius 3 is 2.37 bits per heavy atom. The summed E-state index contributed by atoms with van der Waals surface area (Å²) in [5.74, 6) is -1.04. The molecule has 0 radical (unpaired) electrons. The van der Waals surface area contributed by atoms with E-state index in [0.29, 0.717) is 11.8 Å². The van der Waals surface area contributed by atoms with E-state index in [1.807, 2.05) is 0 Å². The van der Waals surface area contributed by atoms with Crippen molar-refractivity contribution in [2.75, 3.05) is 11.4 Å². The van der Waals surface area contributed by atoms with Crippen LogP contribution in [0.15, 0.2) is 53.4 Å². The number of hydrogen-bond donors (Lipinski definition) is 1. The van der Waals surface area contributed by atoms with Gasteiger partial charge in [0.2, 0.25) is 15.9 Å². The van der Waals surface area contributed by atoms with Gasteiger partial charge >= 0.3 is 6.18 Å². The highest BCUT2D eigenvalue weighted by atomic mass is 32.2. The van der Waals surface area contributed by atoms with Crippen LogP contribution in [0.4, 0.5) is 23.2 Å². The topological polar surface area (TPSA) is 66.5 Å². The lowest BCUT2D eigenvalue weighted by Crippen LogP contribution is -2.41. The molecule has 1 heterocycles. The van der Waals surface area contributed by atoms with Crippen LogP contribution in [0, 0.1) is 5.82 Å². The Morgan fingerprint density at radius 2 is 1.74 bits per heavy atom.